The zero-order valence-corrected chi connectivity index (χ0v) is 13.8. The van der Waals surface area contributed by atoms with Crippen LogP contribution in [0.15, 0.2) is 65.6 Å². The van der Waals surface area contributed by atoms with Gasteiger partial charge in [-0.25, -0.2) is 8.42 Å². The van der Waals surface area contributed by atoms with Crippen molar-refractivity contribution in [2.75, 3.05) is 4.72 Å². The molecule has 0 spiro atoms. The Hall–Kier alpha value is -2.86. The van der Waals surface area contributed by atoms with E-state index in [2.05, 4.69) is 4.72 Å². The van der Waals surface area contributed by atoms with Gasteiger partial charge in [0.1, 0.15) is 0 Å². The van der Waals surface area contributed by atoms with Crippen LogP contribution in [0.2, 0.25) is 0 Å². The van der Waals surface area contributed by atoms with Gasteiger partial charge in [-0.3, -0.25) is 9.52 Å². The molecule has 6 heteroatoms. The van der Waals surface area contributed by atoms with Gasteiger partial charge in [0.2, 0.25) is 5.91 Å². The van der Waals surface area contributed by atoms with E-state index in [9.17, 15) is 13.2 Å². The molecule has 3 aromatic carbocycles. The van der Waals surface area contributed by atoms with Crippen LogP contribution >= 0.6 is 0 Å². The number of amides is 1. The van der Waals surface area contributed by atoms with Crippen molar-refractivity contribution in [3.63, 3.8) is 0 Å². The number of hydrogen-bond donors (Lipinski definition) is 2. The maximum Gasteiger partial charge on any atom is 0.262 e. The van der Waals surface area contributed by atoms with Crippen LogP contribution in [0.3, 0.4) is 0 Å². The zero-order valence-electron chi connectivity index (χ0n) is 13.0. The third-order valence-corrected chi connectivity index (χ3v) is 5.31. The molecule has 1 amide bonds. The largest absolute Gasteiger partial charge is 0.366 e. The van der Waals surface area contributed by atoms with Crippen LogP contribution in [-0.2, 0) is 10.0 Å². The maximum atomic E-state index is 12.8. The van der Waals surface area contributed by atoms with Gasteiger partial charge in [-0.05, 0) is 36.1 Å². The highest BCUT2D eigenvalue weighted by Gasteiger charge is 2.19. The van der Waals surface area contributed by atoms with E-state index in [1.165, 1.54) is 0 Å². The lowest BCUT2D eigenvalue weighted by atomic mass is 10.1. The number of sulfonamides is 1. The average Bonchev–Trinajstić information content (AvgIpc) is 2.55. The molecule has 0 saturated heterocycles. The molecule has 0 fully saturated rings. The number of anilines is 1. The van der Waals surface area contributed by atoms with Gasteiger partial charge >= 0.3 is 0 Å². The molecular formula is C18H16N2O3S. The predicted molar refractivity (Wildman–Crippen MR) is 94.5 cm³/mol. The number of carbonyl (C=O) groups excluding carboxylic acids is 1. The fourth-order valence-corrected chi connectivity index (χ4v) is 4.00. The number of hydrogen-bond acceptors (Lipinski definition) is 3. The lowest BCUT2D eigenvalue weighted by Gasteiger charge is -2.14. The van der Waals surface area contributed by atoms with Crippen LogP contribution in [-0.4, -0.2) is 14.3 Å². The molecule has 0 unspecified atom stereocenters. The monoisotopic (exact) mass is 340 g/mol. The molecule has 3 aromatic rings. The van der Waals surface area contributed by atoms with Crippen molar-refractivity contribution in [3.05, 3.63) is 71.8 Å². The molecule has 0 heterocycles. The van der Waals surface area contributed by atoms with Gasteiger partial charge in [0.25, 0.3) is 10.0 Å². The highest BCUT2D eigenvalue weighted by Crippen LogP contribution is 2.27. The second kappa shape index (κ2) is 5.98. The first-order valence-electron chi connectivity index (χ1n) is 7.30. The molecule has 0 atom stereocenters. The van der Waals surface area contributed by atoms with Crippen LogP contribution in [0.4, 0.5) is 5.69 Å². The molecular weight excluding hydrogens is 324 g/mol. The SMILES string of the molecule is Cc1c(NS(=O)(=O)c2cccc3ccccc23)cccc1C(N)=O. The number of primary amides is 1. The third-order valence-electron chi connectivity index (χ3n) is 3.88. The van der Waals surface area contributed by atoms with Gasteiger partial charge in [0.15, 0.2) is 0 Å². The fourth-order valence-electron chi connectivity index (χ4n) is 2.64. The van der Waals surface area contributed by atoms with Crippen molar-refractivity contribution in [2.45, 2.75) is 11.8 Å². The van der Waals surface area contributed by atoms with E-state index in [1.807, 2.05) is 18.2 Å². The number of nitrogens with two attached hydrogens (primary N) is 1. The molecule has 3 rings (SSSR count). The van der Waals surface area contributed by atoms with Crippen LogP contribution in [0.5, 0.6) is 0 Å². The molecule has 0 aliphatic carbocycles. The molecule has 0 saturated carbocycles. The Labute approximate surface area is 140 Å². The third kappa shape index (κ3) is 2.83. The van der Waals surface area contributed by atoms with Crippen molar-refractivity contribution >= 4 is 32.4 Å². The van der Waals surface area contributed by atoms with E-state index in [4.69, 9.17) is 5.73 Å². The van der Waals surface area contributed by atoms with E-state index in [0.717, 1.165) is 5.39 Å². The fraction of sp³-hybridized carbons (Fsp3) is 0.0556. The summed E-state index contributed by atoms with van der Waals surface area (Å²) in [5.74, 6) is -0.598. The summed E-state index contributed by atoms with van der Waals surface area (Å²) in [5, 5.41) is 1.47. The predicted octanol–water partition coefficient (Wildman–Crippen LogP) is 3.05. The summed E-state index contributed by atoms with van der Waals surface area (Å²) >= 11 is 0. The van der Waals surface area contributed by atoms with Gasteiger partial charge < -0.3 is 5.73 Å². The summed E-state index contributed by atoms with van der Waals surface area (Å²) in [4.78, 5) is 11.6. The van der Waals surface area contributed by atoms with E-state index in [0.29, 0.717) is 16.6 Å². The highest BCUT2D eigenvalue weighted by molar-refractivity contribution is 7.93. The minimum Gasteiger partial charge on any atom is -0.366 e. The van der Waals surface area contributed by atoms with Gasteiger partial charge in [-0.15, -0.1) is 0 Å². The molecule has 122 valence electrons. The first-order chi connectivity index (χ1) is 11.4. The number of rotatable bonds is 4. The summed E-state index contributed by atoms with van der Waals surface area (Å²) in [5.41, 5.74) is 6.43. The standard InChI is InChI=1S/C18H16N2O3S/c1-12-14(18(19)21)9-5-10-16(12)20-24(22,23)17-11-4-7-13-6-2-3-8-15(13)17/h2-11,20H,1H3,(H2,19,21). The second-order valence-corrected chi connectivity index (χ2v) is 7.08. The van der Waals surface area contributed by atoms with Crippen LogP contribution in [0.1, 0.15) is 15.9 Å². The number of nitrogens with one attached hydrogen (secondary N) is 1. The summed E-state index contributed by atoms with van der Waals surface area (Å²) < 4.78 is 28.2. The number of benzene rings is 3. The summed E-state index contributed by atoms with van der Waals surface area (Å²) in [6.45, 7) is 1.65. The lowest BCUT2D eigenvalue weighted by Crippen LogP contribution is -2.17. The molecule has 3 N–H and O–H groups in total. The van der Waals surface area contributed by atoms with Crippen molar-refractivity contribution < 1.29 is 13.2 Å². The highest BCUT2D eigenvalue weighted by atomic mass is 32.2. The molecule has 24 heavy (non-hydrogen) atoms. The maximum absolute atomic E-state index is 12.8. The van der Waals surface area contributed by atoms with Gasteiger partial charge in [-0.2, -0.15) is 0 Å². The first-order valence-corrected chi connectivity index (χ1v) is 8.78. The van der Waals surface area contributed by atoms with Crippen LogP contribution < -0.4 is 10.5 Å². The van der Waals surface area contributed by atoms with E-state index in [1.54, 1.807) is 49.4 Å². The van der Waals surface area contributed by atoms with Gasteiger partial charge in [0.05, 0.1) is 10.6 Å². The van der Waals surface area contributed by atoms with Gasteiger partial charge in [-0.1, -0.05) is 42.5 Å². The molecule has 0 aromatic heterocycles. The first kappa shape index (κ1) is 16.0. The van der Waals surface area contributed by atoms with Crippen molar-refractivity contribution in [3.8, 4) is 0 Å². The Morgan fingerprint density at radius 3 is 2.38 bits per heavy atom. The molecule has 0 radical (unpaired) electrons. The smallest absolute Gasteiger partial charge is 0.262 e. The molecule has 0 aliphatic heterocycles. The average molecular weight is 340 g/mol. The summed E-state index contributed by atoms with van der Waals surface area (Å²) in [6, 6.07) is 17.1. The van der Waals surface area contributed by atoms with Gasteiger partial charge in [0, 0.05) is 10.9 Å². The minimum atomic E-state index is -3.81. The number of carbonyl (C=O) groups is 1. The quantitative estimate of drug-likeness (QED) is 0.765. The Morgan fingerprint density at radius 2 is 1.62 bits per heavy atom. The number of fused-ring (bicyclic) bond motifs is 1. The molecule has 0 aliphatic rings. The van der Waals surface area contributed by atoms with Crippen molar-refractivity contribution in [2.24, 2.45) is 5.73 Å². The summed E-state index contributed by atoms with van der Waals surface area (Å²) in [6.07, 6.45) is 0. The Balaban J connectivity index is 2.10. The minimum absolute atomic E-state index is 0.185. The lowest BCUT2D eigenvalue weighted by molar-refractivity contribution is 0.0999. The van der Waals surface area contributed by atoms with Crippen molar-refractivity contribution in [1.82, 2.24) is 0 Å². The normalized spacial score (nSPS) is 11.4. The molecule has 5 nitrogen and oxygen atoms in total. The second-order valence-electron chi connectivity index (χ2n) is 5.43. The van der Waals surface area contributed by atoms with E-state index < -0.39 is 15.9 Å². The van der Waals surface area contributed by atoms with Crippen LogP contribution in [0, 0.1) is 6.92 Å². The van der Waals surface area contributed by atoms with E-state index >= 15 is 0 Å². The zero-order chi connectivity index (χ0) is 17.3. The van der Waals surface area contributed by atoms with Crippen molar-refractivity contribution in [1.29, 1.82) is 0 Å². The Morgan fingerprint density at radius 1 is 0.958 bits per heavy atom. The van der Waals surface area contributed by atoms with Crippen LogP contribution in [0.25, 0.3) is 10.8 Å². The van der Waals surface area contributed by atoms with E-state index in [-0.39, 0.29) is 10.5 Å². The topological polar surface area (TPSA) is 89.3 Å². The summed E-state index contributed by atoms with van der Waals surface area (Å²) in [7, 11) is -3.81. The Kier molecular flexibility index (Phi) is 3.99. The molecule has 0 bridgehead atoms. The Bertz CT molecular complexity index is 1040.